The molecule has 0 aliphatic rings. The molecule has 0 amide bonds. The Morgan fingerprint density at radius 1 is 1.12 bits per heavy atom. The summed E-state index contributed by atoms with van der Waals surface area (Å²) in [5, 5.41) is 19.1. The maximum atomic E-state index is 12.7. The zero-order chi connectivity index (χ0) is 12.1. The van der Waals surface area contributed by atoms with Gasteiger partial charge in [-0.05, 0) is 36.4 Å². The van der Waals surface area contributed by atoms with E-state index in [1.165, 1.54) is 12.1 Å². The highest BCUT2D eigenvalue weighted by atomic mass is 19.1. The minimum atomic E-state index is -0.283. The van der Waals surface area contributed by atoms with Crippen LogP contribution in [0.1, 0.15) is 0 Å². The molecule has 84 valence electrons. The molecule has 1 heterocycles. The number of nitrogens with zero attached hydrogens (tertiary/aromatic N) is 3. The molecule has 0 spiro atoms. The lowest BCUT2D eigenvalue weighted by Crippen LogP contribution is -2.01. The van der Waals surface area contributed by atoms with Gasteiger partial charge in [-0.15, -0.1) is 10.2 Å². The fourth-order valence-corrected chi connectivity index (χ4v) is 1.33. The summed E-state index contributed by atoms with van der Waals surface area (Å²) in [5.74, 6) is 0.256. The largest absolute Gasteiger partial charge is 0.356 e. The summed E-state index contributed by atoms with van der Waals surface area (Å²) in [7, 11) is 0. The number of hydrogen-bond donors (Lipinski definition) is 1. The van der Waals surface area contributed by atoms with E-state index in [4.69, 9.17) is 5.26 Å². The van der Waals surface area contributed by atoms with Gasteiger partial charge in [0.15, 0.2) is 0 Å². The predicted molar refractivity (Wildman–Crippen MR) is 61.5 cm³/mol. The quantitative estimate of drug-likeness (QED) is 0.818. The number of benzene rings is 1. The summed E-state index contributed by atoms with van der Waals surface area (Å²) >= 11 is 0. The molecule has 0 aliphatic carbocycles. The van der Waals surface area contributed by atoms with Crippen LogP contribution in [0.5, 0.6) is 0 Å². The lowest BCUT2D eigenvalue weighted by atomic mass is 10.1. The Hall–Kier alpha value is -2.48. The van der Waals surface area contributed by atoms with Gasteiger partial charge in [-0.25, -0.2) is 4.39 Å². The minimum Gasteiger partial charge on any atom is -0.356 e. The second-order valence-electron chi connectivity index (χ2n) is 3.32. The smallest absolute Gasteiger partial charge is 0.149 e. The van der Waals surface area contributed by atoms with Gasteiger partial charge in [0.25, 0.3) is 0 Å². The molecular formula is C12H9FN4. The highest BCUT2D eigenvalue weighted by Gasteiger charge is 2.01. The Morgan fingerprint density at radius 3 is 2.47 bits per heavy atom. The van der Waals surface area contributed by atoms with Crippen LogP contribution in [0.2, 0.25) is 0 Å². The van der Waals surface area contributed by atoms with Crippen LogP contribution in [0.15, 0.2) is 36.4 Å². The van der Waals surface area contributed by atoms with E-state index in [2.05, 4.69) is 15.5 Å². The van der Waals surface area contributed by atoms with Crippen LogP contribution < -0.4 is 5.32 Å². The van der Waals surface area contributed by atoms with Gasteiger partial charge in [0.05, 0.1) is 11.8 Å². The Balaban J connectivity index is 2.18. The topological polar surface area (TPSA) is 61.6 Å². The van der Waals surface area contributed by atoms with E-state index in [1.54, 1.807) is 24.3 Å². The molecule has 1 N–H and O–H groups in total. The van der Waals surface area contributed by atoms with Crippen molar-refractivity contribution in [3.05, 3.63) is 42.2 Å². The number of nitriles is 1. The molecule has 0 radical (unpaired) electrons. The fraction of sp³-hybridized carbons (Fsp3) is 0.0833. The van der Waals surface area contributed by atoms with Gasteiger partial charge < -0.3 is 5.32 Å². The molecule has 0 aliphatic heterocycles. The maximum Gasteiger partial charge on any atom is 0.149 e. The Morgan fingerprint density at radius 2 is 1.88 bits per heavy atom. The van der Waals surface area contributed by atoms with E-state index < -0.39 is 0 Å². The summed E-state index contributed by atoms with van der Waals surface area (Å²) in [5.41, 5.74) is 1.46. The van der Waals surface area contributed by atoms with Crippen molar-refractivity contribution in [1.82, 2.24) is 10.2 Å². The third-order valence-electron chi connectivity index (χ3n) is 2.15. The molecule has 17 heavy (non-hydrogen) atoms. The van der Waals surface area contributed by atoms with Crippen molar-refractivity contribution in [3.8, 4) is 17.3 Å². The zero-order valence-corrected chi connectivity index (χ0v) is 8.89. The van der Waals surface area contributed by atoms with Gasteiger partial charge in [0.2, 0.25) is 0 Å². The van der Waals surface area contributed by atoms with Gasteiger partial charge in [-0.2, -0.15) is 5.26 Å². The average Bonchev–Trinajstić information content (AvgIpc) is 2.38. The first kappa shape index (κ1) is 11.0. The average molecular weight is 228 g/mol. The lowest BCUT2D eigenvalue weighted by Gasteiger charge is -2.02. The fourth-order valence-electron chi connectivity index (χ4n) is 1.33. The standard InChI is InChI=1S/C12H9FN4/c13-10-3-1-9(2-4-10)11-5-6-12(17-16-11)15-8-7-14/h1-6H,8H2,(H,15,17). The number of hydrogen-bond acceptors (Lipinski definition) is 4. The number of rotatable bonds is 3. The van der Waals surface area contributed by atoms with Crippen LogP contribution in [0.25, 0.3) is 11.3 Å². The molecule has 4 nitrogen and oxygen atoms in total. The van der Waals surface area contributed by atoms with Crippen molar-refractivity contribution >= 4 is 5.82 Å². The van der Waals surface area contributed by atoms with Crippen molar-refractivity contribution in [2.45, 2.75) is 0 Å². The van der Waals surface area contributed by atoms with E-state index in [0.717, 1.165) is 5.56 Å². The third kappa shape index (κ3) is 2.75. The van der Waals surface area contributed by atoms with E-state index in [0.29, 0.717) is 11.5 Å². The lowest BCUT2D eigenvalue weighted by molar-refractivity contribution is 0.628. The first-order valence-electron chi connectivity index (χ1n) is 5.00. The molecule has 2 aromatic rings. The van der Waals surface area contributed by atoms with Crippen LogP contribution in [0.3, 0.4) is 0 Å². The SMILES string of the molecule is N#CCNc1ccc(-c2ccc(F)cc2)nn1. The normalized spacial score (nSPS) is 9.65. The summed E-state index contributed by atoms with van der Waals surface area (Å²) in [6.45, 7) is 0.185. The van der Waals surface area contributed by atoms with Crippen LogP contribution in [-0.4, -0.2) is 16.7 Å². The molecule has 0 fully saturated rings. The van der Waals surface area contributed by atoms with Crippen molar-refractivity contribution < 1.29 is 4.39 Å². The zero-order valence-electron chi connectivity index (χ0n) is 8.89. The van der Waals surface area contributed by atoms with Crippen molar-refractivity contribution in [3.63, 3.8) is 0 Å². The van der Waals surface area contributed by atoms with E-state index in [9.17, 15) is 4.39 Å². The van der Waals surface area contributed by atoms with Crippen molar-refractivity contribution in [1.29, 1.82) is 5.26 Å². The molecular weight excluding hydrogens is 219 g/mol. The van der Waals surface area contributed by atoms with E-state index >= 15 is 0 Å². The molecule has 5 heteroatoms. The molecule has 0 unspecified atom stereocenters. The summed E-state index contributed by atoms with van der Waals surface area (Å²) in [6.07, 6.45) is 0. The Bertz CT molecular complexity index is 528. The van der Waals surface area contributed by atoms with Crippen LogP contribution in [-0.2, 0) is 0 Å². The number of anilines is 1. The monoisotopic (exact) mass is 228 g/mol. The third-order valence-corrected chi connectivity index (χ3v) is 2.15. The molecule has 2 rings (SSSR count). The maximum absolute atomic E-state index is 12.7. The minimum absolute atomic E-state index is 0.185. The molecule has 1 aromatic heterocycles. The summed E-state index contributed by atoms with van der Waals surface area (Å²) in [6, 6.07) is 11.5. The predicted octanol–water partition coefficient (Wildman–Crippen LogP) is 2.22. The van der Waals surface area contributed by atoms with Gasteiger partial charge in [0.1, 0.15) is 18.2 Å². The number of aromatic nitrogens is 2. The van der Waals surface area contributed by atoms with E-state index in [1.807, 2.05) is 6.07 Å². The van der Waals surface area contributed by atoms with E-state index in [-0.39, 0.29) is 12.4 Å². The molecule has 0 saturated heterocycles. The highest BCUT2D eigenvalue weighted by molar-refractivity contribution is 5.59. The molecule has 0 saturated carbocycles. The molecule has 0 atom stereocenters. The van der Waals surface area contributed by atoms with Crippen LogP contribution in [0, 0.1) is 17.1 Å². The second kappa shape index (κ2) is 5.03. The molecule has 1 aromatic carbocycles. The molecule has 0 bridgehead atoms. The number of nitrogens with one attached hydrogen (secondary N) is 1. The first-order chi connectivity index (χ1) is 8.29. The summed E-state index contributed by atoms with van der Waals surface area (Å²) in [4.78, 5) is 0. The van der Waals surface area contributed by atoms with Crippen molar-refractivity contribution in [2.24, 2.45) is 0 Å². The summed E-state index contributed by atoms with van der Waals surface area (Å²) < 4.78 is 12.7. The highest BCUT2D eigenvalue weighted by Crippen LogP contribution is 2.17. The van der Waals surface area contributed by atoms with Gasteiger partial charge in [-0.1, -0.05) is 0 Å². The van der Waals surface area contributed by atoms with Crippen LogP contribution >= 0.6 is 0 Å². The second-order valence-corrected chi connectivity index (χ2v) is 3.32. The Labute approximate surface area is 97.7 Å². The number of halogens is 1. The Kier molecular flexibility index (Phi) is 3.26. The first-order valence-corrected chi connectivity index (χ1v) is 5.00. The van der Waals surface area contributed by atoms with Gasteiger partial charge >= 0.3 is 0 Å². The van der Waals surface area contributed by atoms with Crippen LogP contribution in [0.4, 0.5) is 10.2 Å². The van der Waals surface area contributed by atoms with Crippen molar-refractivity contribution in [2.75, 3.05) is 11.9 Å². The van der Waals surface area contributed by atoms with Gasteiger partial charge in [-0.3, -0.25) is 0 Å². The van der Waals surface area contributed by atoms with Gasteiger partial charge in [0, 0.05) is 5.56 Å².